The van der Waals surface area contributed by atoms with Crippen LogP contribution in [0.15, 0.2) is 40.9 Å². The van der Waals surface area contributed by atoms with Crippen LogP contribution in [0.2, 0.25) is 5.02 Å². The first-order valence-corrected chi connectivity index (χ1v) is 9.39. The van der Waals surface area contributed by atoms with E-state index in [1.54, 1.807) is 39.0 Å². The lowest BCUT2D eigenvalue weighted by Gasteiger charge is -2.28. The molecule has 0 atom stereocenters. The van der Waals surface area contributed by atoms with Crippen molar-refractivity contribution in [2.75, 3.05) is 0 Å². The van der Waals surface area contributed by atoms with E-state index in [0.717, 1.165) is 0 Å². The van der Waals surface area contributed by atoms with Crippen LogP contribution in [0.3, 0.4) is 0 Å². The Kier molecular flexibility index (Phi) is 5.98. The highest BCUT2D eigenvalue weighted by Crippen LogP contribution is 2.28. The highest BCUT2D eigenvalue weighted by atomic mass is 35.5. The Hall–Kier alpha value is -2.80. The van der Waals surface area contributed by atoms with E-state index in [-0.39, 0.29) is 41.3 Å². The first-order chi connectivity index (χ1) is 13.7. The summed E-state index contributed by atoms with van der Waals surface area (Å²) in [7, 11) is 0. The third-order valence-corrected chi connectivity index (χ3v) is 4.83. The van der Waals surface area contributed by atoms with Gasteiger partial charge in [-0.2, -0.15) is 4.98 Å². The number of nitrogens with one attached hydrogen (secondary N) is 1. The topological polar surface area (TPSA) is 68.0 Å². The van der Waals surface area contributed by atoms with Gasteiger partial charge in [0.15, 0.2) is 0 Å². The Morgan fingerprint density at radius 2 is 1.97 bits per heavy atom. The highest BCUT2D eigenvalue weighted by Gasteiger charge is 2.25. The number of benzene rings is 2. The fourth-order valence-electron chi connectivity index (χ4n) is 2.90. The molecule has 0 saturated carbocycles. The van der Waals surface area contributed by atoms with Crippen molar-refractivity contribution >= 4 is 17.5 Å². The van der Waals surface area contributed by atoms with Crippen LogP contribution in [0.25, 0.3) is 11.4 Å². The molecule has 0 fully saturated rings. The molecule has 152 valence electrons. The van der Waals surface area contributed by atoms with Gasteiger partial charge >= 0.3 is 0 Å². The molecule has 0 radical (unpaired) electrons. The third kappa shape index (κ3) is 4.98. The maximum absolute atomic E-state index is 13.7. The zero-order valence-electron chi connectivity index (χ0n) is 16.2. The summed E-state index contributed by atoms with van der Waals surface area (Å²) in [6.45, 7) is 5.22. The fraction of sp³-hybridized carbons (Fsp3) is 0.286. The zero-order valence-corrected chi connectivity index (χ0v) is 17.0. The zero-order chi connectivity index (χ0) is 21.2. The van der Waals surface area contributed by atoms with E-state index in [0.29, 0.717) is 16.7 Å². The van der Waals surface area contributed by atoms with Crippen LogP contribution in [0.5, 0.6) is 0 Å². The molecular formula is C21H20ClF2N3O2. The highest BCUT2D eigenvalue weighted by molar-refractivity contribution is 6.31. The first kappa shape index (κ1) is 20.9. The average Bonchev–Trinajstić information content (AvgIpc) is 3.10. The van der Waals surface area contributed by atoms with Crippen LogP contribution in [0.4, 0.5) is 8.78 Å². The number of carbonyl (C=O) groups is 1. The van der Waals surface area contributed by atoms with Gasteiger partial charge in [-0.1, -0.05) is 35.0 Å². The minimum absolute atomic E-state index is 0.103. The molecule has 3 aromatic rings. The molecule has 3 rings (SSSR count). The Morgan fingerprint density at radius 3 is 2.66 bits per heavy atom. The van der Waals surface area contributed by atoms with Crippen molar-refractivity contribution in [2.45, 2.75) is 39.2 Å². The summed E-state index contributed by atoms with van der Waals surface area (Å²) in [6.07, 6.45) is 0.326. The Labute approximate surface area is 172 Å². The van der Waals surface area contributed by atoms with Gasteiger partial charge in [0.2, 0.25) is 17.6 Å². The minimum Gasteiger partial charge on any atom is -0.347 e. The van der Waals surface area contributed by atoms with Gasteiger partial charge in [-0.25, -0.2) is 8.78 Å². The second kappa shape index (κ2) is 8.29. The molecule has 1 amide bonds. The van der Waals surface area contributed by atoms with E-state index >= 15 is 0 Å². The van der Waals surface area contributed by atoms with E-state index < -0.39 is 11.4 Å². The number of hydrogen-bond acceptors (Lipinski definition) is 4. The molecule has 0 saturated heterocycles. The predicted molar refractivity (Wildman–Crippen MR) is 105 cm³/mol. The number of halogens is 3. The van der Waals surface area contributed by atoms with E-state index in [1.807, 2.05) is 0 Å². The average molecular weight is 420 g/mol. The van der Waals surface area contributed by atoms with Crippen molar-refractivity contribution in [3.8, 4) is 11.4 Å². The van der Waals surface area contributed by atoms with Gasteiger partial charge in [-0.3, -0.25) is 4.79 Å². The SMILES string of the molecule is Cc1ccc(-c2noc(CCC(=O)NC(C)(C)c3ccc(F)cc3Cl)n2)cc1F. The first-order valence-electron chi connectivity index (χ1n) is 9.01. The lowest BCUT2D eigenvalue weighted by molar-refractivity contribution is -0.122. The van der Waals surface area contributed by atoms with Crippen molar-refractivity contribution in [1.29, 1.82) is 0 Å². The maximum Gasteiger partial charge on any atom is 0.227 e. The standard InChI is InChI=1S/C21H20ClF2N3O2/c1-12-4-5-13(10-17(12)24)20-25-19(29-27-20)9-8-18(28)26-21(2,3)15-7-6-14(23)11-16(15)22/h4-7,10-11H,8-9H2,1-3H3,(H,26,28). The number of hydrogen-bond donors (Lipinski definition) is 1. The molecule has 8 heteroatoms. The van der Waals surface area contributed by atoms with E-state index in [9.17, 15) is 13.6 Å². The molecule has 29 heavy (non-hydrogen) atoms. The summed E-state index contributed by atoms with van der Waals surface area (Å²) in [5.41, 5.74) is 0.842. The molecule has 1 heterocycles. The predicted octanol–water partition coefficient (Wildman–Crippen LogP) is 4.96. The monoisotopic (exact) mass is 419 g/mol. The fourth-order valence-corrected chi connectivity index (χ4v) is 3.30. The van der Waals surface area contributed by atoms with E-state index in [2.05, 4.69) is 15.5 Å². The number of aryl methyl sites for hydroxylation is 2. The molecule has 0 aliphatic heterocycles. The van der Waals surface area contributed by atoms with Gasteiger partial charge in [0.1, 0.15) is 11.6 Å². The summed E-state index contributed by atoms with van der Waals surface area (Å²) in [5, 5.41) is 6.95. The number of rotatable bonds is 6. The van der Waals surface area contributed by atoms with Gasteiger partial charge < -0.3 is 9.84 Å². The Morgan fingerprint density at radius 1 is 1.21 bits per heavy atom. The molecule has 5 nitrogen and oxygen atoms in total. The quantitative estimate of drug-likeness (QED) is 0.613. The molecule has 0 bridgehead atoms. The van der Waals surface area contributed by atoms with Gasteiger partial charge in [-0.05, 0) is 50.1 Å². The van der Waals surface area contributed by atoms with Crippen molar-refractivity contribution in [1.82, 2.24) is 15.5 Å². The molecule has 0 aliphatic rings. The maximum atomic E-state index is 13.7. The van der Waals surface area contributed by atoms with E-state index in [1.165, 1.54) is 18.2 Å². The molecule has 0 unspecified atom stereocenters. The Balaban J connectivity index is 1.62. The number of nitrogens with zero attached hydrogens (tertiary/aromatic N) is 2. The van der Waals surface area contributed by atoms with Crippen molar-refractivity contribution in [2.24, 2.45) is 0 Å². The molecular weight excluding hydrogens is 400 g/mol. The summed E-state index contributed by atoms with van der Waals surface area (Å²) in [5.74, 6) is -0.514. The number of carbonyl (C=O) groups excluding carboxylic acids is 1. The lowest BCUT2D eigenvalue weighted by Crippen LogP contribution is -2.41. The summed E-state index contributed by atoms with van der Waals surface area (Å²) in [4.78, 5) is 16.6. The van der Waals surface area contributed by atoms with E-state index in [4.69, 9.17) is 16.1 Å². The number of amides is 1. The van der Waals surface area contributed by atoms with Crippen LogP contribution < -0.4 is 5.32 Å². The molecule has 1 aromatic heterocycles. The van der Waals surface area contributed by atoms with Crippen LogP contribution in [0, 0.1) is 18.6 Å². The summed E-state index contributed by atoms with van der Waals surface area (Å²) < 4.78 is 32.1. The van der Waals surface area contributed by atoms with Gasteiger partial charge in [0.25, 0.3) is 0 Å². The largest absolute Gasteiger partial charge is 0.347 e. The second-order valence-electron chi connectivity index (χ2n) is 7.27. The van der Waals surface area contributed by atoms with Gasteiger partial charge in [0.05, 0.1) is 5.54 Å². The lowest BCUT2D eigenvalue weighted by atomic mass is 9.94. The Bertz CT molecular complexity index is 1050. The molecule has 2 aromatic carbocycles. The molecule has 1 N–H and O–H groups in total. The van der Waals surface area contributed by atoms with Crippen LogP contribution in [-0.4, -0.2) is 16.0 Å². The smallest absolute Gasteiger partial charge is 0.227 e. The second-order valence-corrected chi connectivity index (χ2v) is 7.68. The molecule has 0 spiro atoms. The van der Waals surface area contributed by atoms with Gasteiger partial charge in [0, 0.05) is 23.4 Å². The van der Waals surface area contributed by atoms with Crippen LogP contribution >= 0.6 is 11.6 Å². The summed E-state index contributed by atoms with van der Waals surface area (Å²) >= 11 is 6.10. The van der Waals surface area contributed by atoms with Crippen molar-refractivity contribution in [3.05, 3.63) is 70.1 Å². The van der Waals surface area contributed by atoms with Gasteiger partial charge in [-0.15, -0.1) is 0 Å². The van der Waals surface area contributed by atoms with Crippen LogP contribution in [-0.2, 0) is 16.8 Å². The molecule has 0 aliphatic carbocycles. The van der Waals surface area contributed by atoms with Crippen molar-refractivity contribution in [3.63, 3.8) is 0 Å². The number of aromatic nitrogens is 2. The van der Waals surface area contributed by atoms with Crippen molar-refractivity contribution < 1.29 is 18.1 Å². The van der Waals surface area contributed by atoms with Crippen LogP contribution in [0.1, 0.15) is 37.3 Å². The third-order valence-electron chi connectivity index (χ3n) is 4.52. The normalized spacial score (nSPS) is 11.5. The summed E-state index contributed by atoms with van der Waals surface area (Å²) in [6, 6.07) is 8.72. The minimum atomic E-state index is -0.790.